The minimum absolute atomic E-state index is 0.113. The zero-order valence-corrected chi connectivity index (χ0v) is 15.3. The zero-order chi connectivity index (χ0) is 21.5. The number of alkyl halides is 3. The van der Waals surface area contributed by atoms with Crippen LogP contribution in [0.4, 0.5) is 18.9 Å². The van der Waals surface area contributed by atoms with E-state index in [9.17, 15) is 23.1 Å². The number of aromatic nitrogens is 3. The Bertz CT molecular complexity index is 1270. The first kappa shape index (κ1) is 19.4. The van der Waals surface area contributed by atoms with E-state index in [1.807, 2.05) is 0 Å². The number of nitrogen functional groups attached to an aromatic ring is 1. The molecule has 0 aliphatic rings. The van der Waals surface area contributed by atoms with Crippen LogP contribution in [-0.4, -0.2) is 25.6 Å². The van der Waals surface area contributed by atoms with E-state index >= 15 is 0 Å². The van der Waals surface area contributed by atoms with Crippen molar-refractivity contribution in [2.75, 3.05) is 5.73 Å². The van der Waals surface area contributed by atoms with E-state index in [0.29, 0.717) is 16.6 Å². The molecular weight excluding hydrogens is 401 g/mol. The van der Waals surface area contributed by atoms with Gasteiger partial charge in [0.2, 0.25) is 5.88 Å². The van der Waals surface area contributed by atoms with Crippen molar-refractivity contribution in [1.29, 1.82) is 0 Å². The second-order valence-corrected chi connectivity index (χ2v) is 6.49. The van der Waals surface area contributed by atoms with E-state index in [1.165, 1.54) is 22.9 Å². The monoisotopic (exact) mass is 416 g/mol. The summed E-state index contributed by atoms with van der Waals surface area (Å²) in [5, 5.41) is 11.0. The van der Waals surface area contributed by atoms with Gasteiger partial charge < -0.3 is 15.6 Å². The molecule has 0 atom stereocenters. The fraction of sp³-hybridized carbons (Fsp3) is 0.100. The summed E-state index contributed by atoms with van der Waals surface area (Å²) in [5.41, 5.74) is 7.58. The number of rotatable bonds is 4. The predicted octanol–water partition coefficient (Wildman–Crippen LogP) is 3.42. The van der Waals surface area contributed by atoms with Gasteiger partial charge in [-0.2, -0.15) is 0 Å². The van der Waals surface area contributed by atoms with Crippen LogP contribution in [0.5, 0.6) is 11.6 Å². The molecule has 10 heteroatoms. The fourth-order valence-corrected chi connectivity index (χ4v) is 3.25. The summed E-state index contributed by atoms with van der Waals surface area (Å²) >= 11 is 0. The van der Waals surface area contributed by atoms with Crippen molar-refractivity contribution in [2.45, 2.75) is 12.9 Å². The average molecular weight is 416 g/mol. The van der Waals surface area contributed by atoms with E-state index in [4.69, 9.17) is 5.73 Å². The third-order valence-electron chi connectivity index (χ3n) is 4.49. The first-order chi connectivity index (χ1) is 14.2. The quantitative estimate of drug-likeness (QED) is 0.497. The lowest BCUT2D eigenvalue weighted by atomic mass is 10.1. The number of anilines is 1. The molecule has 4 rings (SSSR count). The molecule has 0 radical (unpaired) electrons. The van der Waals surface area contributed by atoms with Crippen molar-refractivity contribution >= 4 is 16.6 Å². The molecule has 7 nitrogen and oxygen atoms in total. The lowest BCUT2D eigenvalue weighted by Gasteiger charge is -2.10. The number of aromatic hydroxyl groups is 1. The summed E-state index contributed by atoms with van der Waals surface area (Å²) in [6.45, 7) is 0.113. The molecule has 0 amide bonds. The van der Waals surface area contributed by atoms with Gasteiger partial charge in [-0.3, -0.25) is 9.55 Å². The van der Waals surface area contributed by atoms with E-state index in [-0.39, 0.29) is 18.1 Å². The minimum atomic E-state index is -4.82. The van der Waals surface area contributed by atoms with Gasteiger partial charge in [-0.25, -0.2) is 9.36 Å². The average Bonchev–Trinajstić information content (AvgIpc) is 2.95. The van der Waals surface area contributed by atoms with Gasteiger partial charge >= 0.3 is 12.1 Å². The molecule has 2 aromatic carbocycles. The van der Waals surface area contributed by atoms with Crippen molar-refractivity contribution in [2.24, 2.45) is 0 Å². The normalized spacial score (nSPS) is 11.7. The van der Waals surface area contributed by atoms with E-state index in [0.717, 1.165) is 22.3 Å². The summed E-state index contributed by atoms with van der Waals surface area (Å²) in [6.07, 6.45) is -1.98. The first-order valence-electron chi connectivity index (χ1n) is 8.72. The highest BCUT2D eigenvalue weighted by atomic mass is 19.4. The minimum Gasteiger partial charge on any atom is -0.493 e. The fourth-order valence-electron chi connectivity index (χ4n) is 3.25. The molecule has 30 heavy (non-hydrogen) atoms. The Balaban J connectivity index is 1.70. The van der Waals surface area contributed by atoms with Crippen LogP contribution in [0.25, 0.3) is 16.6 Å². The number of halogens is 3. The van der Waals surface area contributed by atoms with Gasteiger partial charge in [-0.1, -0.05) is 6.07 Å². The molecule has 4 aromatic rings. The molecule has 2 aromatic heterocycles. The predicted molar refractivity (Wildman–Crippen MR) is 104 cm³/mol. The van der Waals surface area contributed by atoms with Crippen LogP contribution in [0.3, 0.4) is 0 Å². The molecule has 0 aliphatic heterocycles. The second kappa shape index (κ2) is 7.14. The maximum absolute atomic E-state index is 12.8. The number of ether oxygens (including phenoxy) is 1. The Hall–Kier alpha value is -3.95. The molecule has 0 aliphatic carbocycles. The smallest absolute Gasteiger partial charge is 0.493 e. The third kappa shape index (κ3) is 3.66. The van der Waals surface area contributed by atoms with Crippen molar-refractivity contribution in [3.8, 4) is 17.3 Å². The standard InChI is InChI=1S/C20H15F3N4O3/c21-20(22,23)30-14-6-4-13(5-7-14)27-17(28)11-26(19(27)29)10-12-8-9-25-16-3-1-2-15(24)18(12)16/h1-9,11,28H,10,24H2. The van der Waals surface area contributed by atoms with Crippen LogP contribution in [0.15, 0.2) is 65.7 Å². The van der Waals surface area contributed by atoms with Crippen LogP contribution in [0, 0.1) is 0 Å². The van der Waals surface area contributed by atoms with Gasteiger partial charge in [0.05, 0.1) is 23.9 Å². The van der Waals surface area contributed by atoms with Crippen molar-refractivity contribution < 1.29 is 23.0 Å². The summed E-state index contributed by atoms with van der Waals surface area (Å²) in [4.78, 5) is 17.1. The molecule has 0 spiro atoms. The molecule has 0 saturated carbocycles. The molecule has 154 valence electrons. The summed E-state index contributed by atoms with van der Waals surface area (Å²) in [5.74, 6) is -0.798. The second-order valence-electron chi connectivity index (χ2n) is 6.49. The number of fused-ring (bicyclic) bond motifs is 1. The summed E-state index contributed by atoms with van der Waals surface area (Å²) in [6, 6.07) is 11.6. The Morgan fingerprint density at radius 3 is 2.53 bits per heavy atom. The molecular formula is C20H15F3N4O3. The highest BCUT2D eigenvalue weighted by molar-refractivity contribution is 5.92. The lowest BCUT2D eigenvalue weighted by molar-refractivity contribution is -0.274. The van der Waals surface area contributed by atoms with Crippen LogP contribution in [-0.2, 0) is 6.54 Å². The van der Waals surface area contributed by atoms with Crippen LogP contribution < -0.4 is 16.2 Å². The maximum atomic E-state index is 12.8. The van der Waals surface area contributed by atoms with Crippen molar-refractivity contribution in [1.82, 2.24) is 14.1 Å². The van der Waals surface area contributed by atoms with Crippen LogP contribution in [0.1, 0.15) is 5.56 Å². The van der Waals surface area contributed by atoms with E-state index < -0.39 is 17.8 Å². The van der Waals surface area contributed by atoms with E-state index in [2.05, 4.69) is 9.72 Å². The van der Waals surface area contributed by atoms with Gasteiger partial charge in [-0.15, -0.1) is 13.2 Å². The van der Waals surface area contributed by atoms with Gasteiger partial charge in [0.1, 0.15) is 5.75 Å². The van der Waals surface area contributed by atoms with Crippen LogP contribution in [0.2, 0.25) is 0 Å². The Morgan fingerprint density at radius 1 is 1.10 bits per heavy atom. The van der Waals surface area contributed by atoms with Crippen LogP contribution >= 0.6 is 0 Å². The number of nitrogens with zero attached hydrogens (tertiary/aromatic N) is 3. The maximum Gasteiger partial charge on any atom is 0.573 e. The molecule has 3 N–H and O–H groups in total. The largest absolute Gasteiger partial charge is 0.573 e. The Labute approximate surface area is 167 Å². The number of hydrogen-bond donors (Lipinski definition) is 2. The number of imidazole rings is 1. The molecule has 2 heterocycles. The molecule has 0 unspecified atom stereocenters. The lowest BCUT2D eigenvalue weighted by Crippen LogP contribution is -2.23. The van der Waals surface area contributed by atoms with Crippen molar-refractivity contribution in [3.05, 3.63) is 77.0 Å². The van der Waals surface area contributed by atoms with Gasteiger partial charge in [0.15, 0.2) is 0 Å². The first-order valence-corrected chi connectivity index (χ1v) is 8.72. The van der Waals surface area contributed by atoms with Gasteiger partial charge in [0, 0.05) is 17.3 Å². The van der Waals surface area contributed by atoms with Gasteiger partial charge in [0.25, 0.3) is 0 Å². The zero-order valence-electron chi connectivity index (χ0n) is 15.3. The molecule has 0 saturated heterocycles. The SMILES string of the molecule is Nc1cccc2nccc(Cn3cc(O)n(-c4ccc(OC(F)(F)F)cc4)c3=O)c12. The number of hydrogen-bond acceptors (Lipinski definition) is 5. The number of pyridine rings is 1. The molecule has 0 fully saturated rings. The van der Waals surface area contributed by atoms with Gasteiger partial charge in [-0.05, 0) is 48.0 Å². The Morgan fingerprint density at radius 2 is 1.83 bits per heavy atom. The highest BCUT2D eigenvalue weighted by Crippen LogP contribution is 2.26. The third-order valence-corrected chi connectivity index (χ3v) is 4.49. The Kier molecular flexibility index (Phi) is 4.61. The topological polar surface area (TPSA) is 95.3 Å². The summed E-state index contributed by atoms with van der Waals surface area (Å²) in [7, 11) is 0. The number of benzene rings is 2. The highest BCUT2D eigenvalue weighted by Gasteiger charge is 2.31. The number of nitrogens with two attached hydrogens (primary N) is 1. The van der Waals surface area contributed by atoms with E-state index in [1.54, 1.807) is 30.5 Å². The summed E-state index contributed by atoms with van der Waals surface area (Å²) < 4.78 is 43.0. The molecule has 0 bridgehead atoms. The van der Waals surface area contributed by atoms with Crippen molar-refractivity contribution in [3.63, 3.8) is 0 Å².